The fourth-order valence-corrected chi connectivity index (χ4v) is 2.99. The lowest BCUT2D eigenvalue weighted by Gasteiger charge is -2.32. The van der Waals surface area contributed by atoms with Crippen LogP contribution in [0.5, 0.6) is 0 Å². The molecule has 0 unspecified atom stereocenters. The van der Waals surface area contributed by atoms with Crippen LogP contribution < -0.4 is 0 Å². The number of allylic oxidation sites excluding steroid dienone is 9. The van der Waals surface area contributed by atoms with Crippen molar-refractivity contribution in [3.05, 3.63) is 58.7 Å². The van der Waals surface area contributed by atoms with Crippen LogP contribution in [0.2, 0.25) is 0 Å². The van der Waals surface area contributed by atoms with Crippen LogP contribution in [0.25, 0.3) is 0 Å². The van der Waals surface area contributed by atoms with Crippen molar-refractivity contribution in [2.75, 3.05) is 6.61 Å². The molecule has 1 aliphatic carbocycles. The number of carbonyl (C=O) groups is 1. The Hall–Kier alpha value is -1.83. The normalized spacial score (nSPS) is 19.4. The van der Waals surface area contributed by atoms with Gasteiger partial charge in [0.1, 0.15) is 6.61 Å². The molecule has 0 aromatic carbocycles. The van der Waals surface area contributed by atoms with E-state index in [0.29, 0.717) is 6.61 Å². The minimum Gasteiger partial charge on any atom is -0.462 e. The Balaban J connectivity index is 2.67. The van der Waals surface area contributed by atoms with Gasteiger partial charge in [0, 0.05) is 6.92 Å². The summed E-state index contributed by atoms with van der Waals surface area (Å²) in [5, 5.41) is 0. The molecule has 0 amide bonds. The monoisotopic (exact) mass is 328 g/mol. The molecule has 0 spiro atoms. The minimum atomic E-state index is -0.251. The van der Waals surface area contributed by atoms with Gasteiger partial charge in [-0.3, -0.25) is 4.79 Å². The van der Waals surface area contributed by atoms with Crippen molar-refractivity contribution in [2.24, 2.45) is 5.41 Å². The Morgan fingerprint density at radius 2 is 1.88 bits per heavy atom. The van der Waals surface area contributed by atoms with Gasteiger partial charge >= 0.3 is 5.97 Å². The van der Waals surface area contributed by atoms with Crippen LogP contribution in [0.15, 0.2) is 58.7 Å². The Morgan fingerprint density at radius 1 is 1.17 bits per heavy atom. The Bertz CT molecular complexity index is 595. The highest BCUT2D eigenvalue weighted by Gasteiger charge is 2.26. The van der Waals surface area contributed by atoms with Crippen molar-refractivity contribution in [1.29, 1.82) is 0 Å². The lowest BCUT2D eigenvalue weighted by molar-refractivity contribution is -0.139. The molecule has 0 atom stereocenters. The van der Waals surface area contributed by atoms with E-state index >= 15 is 0 Å². The van der Waals surface area contributed by atoms with Gasteiger partial charge in [-0.15, -0.1) is 0 Å². The second-order valence-corrected chi connectivity index (χ2v) is 7.29. The number of hydrogen-bond acceptors (Lipinski definition) is 2. The molecule has 0 aromatic rings. The molecule has 0 N–H and O–H groups in total. The summed E-state index contributed by atoms with van der Waals surface area (Å²) in [6, 6.07) is 0. The number of carbonyl (C=O) groups excluding carboxylic acids is 1. The molecule has 0 fully saturated rings. The number of rotatable bonds is 6. The molecular formula is C22H32O2. The lowest BCUT2D eigenvalue weighted by atomic mass is 9.72. The molecule has 24 heavy (non-hydrogen) atoms. The van der Waals surface area contributed by atoms with E-state index in [4.69, 9.17) is 4.74 Å². The molecule has 0 radical (unpaired) electrons. The highest BCUT2D eigenvalue weighted by atomic mass is 16.5. The van der Waals surface area contributed by atoms with Crippen LogP contribution >= 0.6 is 0 Å². The Morgan fingerprint density at radius 3 is 2.50 bits per heavy atom. The summed E-state index contributed by atoms with van der Waals surface area (Å²) in [7, 11) is 0. The summed E-state index contributed by atoms with van der Waals surface area (Å²) in [6.45, 7) is 12.8. The van der Waals surface area contributed by atoms with Gasteiger partial charge in [-0.25, -0.2) is 0 Å². The number of ether oxygens (including phenoxy) is 1. The Labute approximate surface area is 147 Å². The fraction of sp³-hybridized carbons (Fsp3) is 0.500. The summed E-state index contributed by atoms with van der Waals surface area (Å²) in [5.41, 5.74) is 5.60. The molecule has 2 nitrogen and oxygen atoms in total. The second-order valence-electron chi connectivity index (χ2n) is 7.29. The number of esters is 1. The van der Waals surface area contributed by atoms with E-state index in [1.54, 1.807) is 0 Å². The van der Waals surface area contributed by atoms with Crippen LogP contribution in [0.4, 0.5) is 0 Å². The molecule has 0 aromatic heterocycles. The van der Waals surface area contributed by atoms with Crippen molar-refractivity contribution < 1.29 is 9.53 Å². The van der Waals surface area contributed by atoms with Gasteiger partial charge in [-0.05, 0) is 57.1 Å². The summed E-state index contributed by atoms with van der Waals surface area (Å²) in [6.07, 6.45) is 16.3. The summed E-state index contributed by atoms with van der Waals surface area (Å²) >= 11 is 0. The van der Waals surface area contributed by atoms with Gasteiger partial charge in [0.15, 0.2) is 0 Å². The topological polar surface area (TPSA) is 26.3 Å². The fourth-order valence-electron chi connectivity index (χ4n) is 2.99. The third kappa shape index (κ3) is 7.16. The van der Waals surface area contributed by atoms with Crippen molar-refractivity contribution in [1.82, 2.24) is 0 Å². The largest absolute Gasteiger partial charge is 0.462 e. The van der Waals surface area contributed by atoms with Gasteiger partial charge in [0.2, 0.25) is 0 Å². The van der Waals surface area contributed by atoms with E-state index < -0.39 is 0 Å². The van der Waals surface area contributed by atoms with Crippen molar-refractivity contribution >= 4 is 5.97 Å². The maximum atomic E-state index is 10.7. The smallest absolute Gasteiger partial charge is 0.302 e. The van der Waals surface area contributed by atoms with Crippen molar-refractivity contribution in [3.63, 3.8) is 0 Å². The molecule has 0 aliphatic heterocycles. The first-order chi connectivity index (χ1) is 11.2. The molecule has 0 bridgehead atoms. The predicted octanol–water partition coefficient (Wildman–Crippen LogP) is 6.08. The Kier molecular flexibility index (Phi) is 7.97. The first-order valence-electron chi connectivity index (χ1n) is 8.76. The van der Waals surface area contributed by atoms with Gasteiger partial charge in [0.05, 0.1) is 0 Å². The van der Waals surface area contributed by atoms with E-state index in [1.807, 2.05) is 25.2 Å². The third-order valence-electron chi connectivity index (χ3n) is 4.47. The van der Waals surface area contributed by atoms with Crippen LogP contribution in [0.3, 0.4) is 0 Å². The molecule has 0 saturated carbocycles. The van der Waals surface area contributed by atoms with Crippen molar-refractivity contribution in [3.8, 4) is 0 Å². The third-order valence-corrected chi connectivity index (χ3v) is 4.47. The lowest BCUT2D eigenvalue weighted by Crippen LogP contribution is -2.19. The minimum absolute atomic E-state index is 0.251. The molecule has 1 aliphatic rings. The first-order valence-corrected chi connectivity index (χ1v) is 8.76. The molecular weight excluding hydrogens is 296 g/mol. The summed E-state index contributed by atoms with van der Waals surface area (Å²) < 4.78 is 4.89. The van der Waals surface area contributed by atoms with Crippen molar-refractivity contribution in [2.45, 2.75) is 60.8 Å². The number of hydrogen-bond donors (Lipinski definition) is 0. The quantitative estimate of drug-likeness (QED) is 0.436. The van der Waals surface area contributed by atoms with Crippen LogP contribution in [-0.2, 0) is 9.53 Å². The van der Waals surface area contributed by atoms with E-state index in [0.717, 1.165) is 5.57 Å². The van der Waals surface area contributed by atoms with Crippen LogP contribution in [0.1, 0.15) is 60.8 Å². The predicted molar refractivity (Wildman–Crippen MR) is 103 cm³/mol. The zero-order valence-corrected chi connectivity index (χ0v) is 16.1. The molecule has 0 saturated heterocycles. The standard InChI is InChI=1S/C22H32O2/c1-17(9-7-10-18(2)14-16-24-20(4)23)12-13-21-19(3)11-8-15-22(21,5)6/h7,9-10,12-14H,8,11,15-16H2,1-6H3/b10-7-,13-12+,17-9-,18-14+. The van der Waals surface area contributed by atoms with Gasteiger partial charge in [-0.2, -0.15) is 0 Å². The zero-order valence-electron chi connectivity index (χ0n) is 16.1. The van der Waals surface area contributed by atoms with E-state index in [2.05, 4.69) is 45.9 Å². The molecule has 0 heterocycles. The van der Waals surface area contributed by atoms with E-state index in [-0.39, 0.29) is 11.4 Å². The van der Waals surface area contributed by atoms with Crippen LogP contribution in [0, 0.1) is 5.41 Å². The molecule has 1 rings (SSSR count). The maximum absolute atomic E-state index is 10.7. The van der Waals surface area contributed by atoms with Gasteiger partial charge in [-0.1, -0.05) is 60.9 Å². The highest BCUT2D eigenvalue weighted by molar-refractivity contribution is 5.66. The molecule has 132 valence electrons. The van der Waals surface area contributed by atoms with E-state index in [1.165, 1.54) is 42.9 Å². The summed E-state index contributed by atoms with van der Waals surface area (Å²) in [4.78, 5) is 10.7. The average molecular weight is 328 g/mol. The van der Waals surface area contributed by atoms with E-state index in [9.17, 15) is 4.79 Å². The average Bonchev–Trinajstić information content (AvgIpc) is 2.45. The maximum Gasteiger partial charge on any atom is 0.302 e. The SMILES string of the molecule is CC(=O)OC/C=C(C)/C=C\C=C(C)/C=C/C1=C(C)CCCC1(C)C. The second kappa shape index (κ2) is 9.46. The zero-order chi connectivity index (χ0) is 18.2. The van der Waals surface area contributed by atoms with Gasteiger partial charge < -0.3 is 4.74 Å². The summed E-state index contributed by atoms with van der Waals surface area (Å²) in [5.74, 6) is -0.251. The first kappa shape index (κ1) is 20.2. The van der Waals surface area contributed by atoms with Gasteiger partial charge in [0.25, 0.3) is 0 Å². The highest BCUT2D eigenvalue weighted by Crippen LogP contribution is 2.40. The molecule has 2 heteroatoms. The van der Waals surface area contributed by atoms with Crippen LogP contribution in [-0.4, -0.2) is 12.6 Å².